The van der Waals surface area contributed by atoms with Gasteiger partial charge in [0.2, 0.25) is 6.29 Å². The number of allylic oxidation sites excluding steroid dienone is 2. The van der Waals surface area contributed by atoms with E-state index in [9.17, 15) is 56.2 Å². The monoisotopic (exact) mass is 598 g/mol. The smallest absolute Gasteiger partial charge is 0.229 e. The molecule has 0 amide bonds. The Bertz CT molecular complexity index is 1300. The minimum absolute atomic E-state index is 0.0641. The Labute approximate surface area is 236 Å². The molecule has 0 aromatic heterocycles. The van der Waals surface area contributed by atoms with E-state index in [4.69, 9.17) is 23.7 Å². The molecule has 16 nitrogen and oxygen atoms in total. The Morgan fingerprint density at radius 2 is 1.52 bits per heavy atom. The molecule has 5 rings (SSSR count). The van der Waals surface area contributed by atoms with Crippen LogP contribution in [0, 0.1) is 0 Å². The number of phenols is 3. The number of ether oxygens (including phenoxy) is 5. The molecule has 1 unspecified atom stereocenters. The lowest BCUT2D eigenvalue weighted by atomic mass is 9.96. The molecule has 4 aliphatic rings. The number of aliphatic hydroxyl groups is 8. The molecule has 0 saturated carbocycles. The van der Waals surface area contributed by atoms with E-state index in [2.05, 4.69) is 0 Å². The van der Waals surface area contributed by atoms with Crippen LogP contribution in [0.2, 0.25) is 0 Å². The molecule has 42 heavy (non-hydrogen) atoms. The molecule has 0 spiro atoms. The summed E-state index contributed by atoms with van der Waals surface area (Å²) in [6.45, 7) is -1.23. The van der Waals surface area contributed by atoms with Gasteiger partial charge in [-0.1, -0.05) is 0 Å². The minimum atomic E-state index is -1.83. The summed E-state index contributed by atoms with van der Waals surface area (Å²) >= 11 is 0. The van der Waals surface area contributed by atoms with E-state index in [1.54, 1.807) is 0 Å². The van der Waals surface area contributed by atoms with Crippen molar-refractivity contribution in [2.45, 2.75) is 61.4 Å². The predicted octanol–water partition coefficient (Wildman–Crippen LogP) is -2.03. The van der Waals surface area contributed by atoms with Crippen molar-refractivity contribution in [3.8, 4) is 17.2 Å². The van der Waals surface area contributed by atoms with Crippen LogP contribution in [-0.4, -0.2) is 131 Å². The summed E-state index contributed by atoms with van der Waals surface area (Å²) in [5.41, 5.74) is 0.0141. The Morgan fingerprint density at radius 1 is 0.833 bits per heavy atom. The molecule has 2 fully saturated rings. The lowest BCUT2D eigenvalue weighted by Gasteiger charge is -2.45. The first-order valence-corrected chi connectivity index (χ1v) is 12.7. The first-order chi connectivity index (χ1) is 19.9. The molecular formula is C26H30O16. The Morgan fingerprint density at radius 3 is 2.19 bits per heavy atom. The number of aromatic hydroxyl groups is 3. The molecule has 1 aliphatic carbocycles. The molecule has 16 heteroatoms. The normalized spacial score (nSPS) is 36.8. The van der Waals surface area contributed by atoms with Gasteiger partial charge in [-0.15, -0.1) is 0 Å². The van der Waals surface area contributed by atoms with Gasteiger partial charge in [0, 0.05) is 23.3 Å². The number of fused-ring (bicyclic) bond motifs is 1. The summed E-state index contributed by atoms with van der Waals surface area (Å²) in [4.78, 5) is 0. The van der Waals surface area contributed by atoms with Crippen molar-refractivity contribution >= 4 is 5.76 Å². The molecule has 0 bridgehead atoms. The second-order valence-corrected chi connectivity index (χ2v) is 9.99. The van der Waals surface area contributed by atoms with Crippen molar-refractivity contribution in [1.29, 1.82) is 0 Å². The van der Waals surface area contributed by atoms with Crippen molar-refractivity contribution in [3.63, 3.8) is 0 Å². The first-order valence-electron chi connectivity index (χ1n) is 12.7. The topological polar surface area (TPSA) is 269 Å². The van der Waals surface area contributed by atoms with E-state index in [1.807, 2.05) is 0 Å². The van der Waals surface area contributed by atoms with E-state index in [0.29, 0.717) is 0 Å². The molecule has 0 radical (unpaired) electrons. The van der Waals surface area contributed by atoms with E-state index in [1.165, 1.54) is 12.2 Å². The van der Waals surface area contributed by atoms with Crippen molar-refractivity contribution in [2.75, 3.05) is 13.2 Å². The van der Waals surface area contributed by atoms with Gasteiger partial charge >= 0.3 is 0 Å². The summed E-state index contributed by atoms with van der Waals surface area (Å²) in [5.74, 6) is -3.56. The Hall–Kier alpha value is -3.58. The van der Waals surface area contributed by atoms with Gasteiger partial charge in [-0.3, -0.25) is 0 Å². The quantitative estimate of drug-likeness (QED) is 0.158. The van der Waals surface area contributed by atoms with Crippen molar-refractivity contribution in [3.05, 3.63) is 58.8 Å². The van der Waals surface area contributed by atoms with Gasteiger partial charge in [0.1, 0.15) is 54.2 Å². The summed E-state index contributed by atoms with van der Waals surface area (Å²) in [7, 11) is 0. The van der Waals surface area contributed by atoms with Crippen LogP contribution in [0.25, 0.3) is 5.76 Å². The summed E-state index contributed by atoms with van der Waals surface area (Å²) in [6, 6.07) is 2.02. The van der Waals surface area contributed by atoms with Crippen molar-refractivity contribution < 1.29 is 79.9 Å². The highest BCUT2D eigenvalue weighted by Crippen LogP contribution is 2.43. The van der Waals surface area contributed by atoms with E-state index < -0.39 is 97.6 Å². The minimum Gasteiger partial charge on any atom is -0.508 e. The first kappa shape index (κ1) is 29.9. The molecule has 10 atom stereocenters. The fraction of sp³-hybridized carbons (Fsp3) is 0.462. The molecule has 1 aromatic carbocycles. The van der Waals surface area contributed by atoms with Gasteiger partial charge in [0.05, 0.1) is 13.2 Å². The zero-order chi connectivity index (χ0) is 30.5. The lowest BCUT2D eigenvalue weighted by Crippen LogP contribution is -2.63. The molecule has 1 aromatic rings. The average molecular weight is 599 g/mol. The molecule has 3 heterocycles. The molecule has 3 aliphatic heterocycles. The number of phenolic OH excluding ortho intramolecular Hbond substituents is 3. The van der Waals surface area contributed by atoms with Crippen LogP contribution >= 0.6 is 0 Å². The van der Waals surface area contributed by atoms with Crippen molar-refractivity contribution in [1.82, 2.24) is 0 Å². The van der Waals surface area contributed by atoms with Crippen molar-refractivity contribution in [2.24, 2.45) is 0 Å². The van der Waals surface area contributed by atoms with Crippen LogP contribution in [0.3, 0.4) is 0 Å². The summed E-state index contributed by atoms with van der Waals surface area (Å²) < 4.78 is 28.4. The fourth-order valence-electron chi connectivity index (χ4n) is 4.82. The van der Waals surface area contributed by atoms with Crippen LogP contribution in [0.15, 0.2) is 53.2 Å². The third kappa shape index (κ3) is 5.47. The Kier molecular flexibility index (Phi) is 8.26. The van der Waals surface area contributed by atoms with Gasteiger partial charge in [-0.05, 0) is 18.2 Å². The third-order valence-corrected chi connectivity index (χ3v) is 7.11. The summed E-state index contributed by atoms with van der Waals surface area (Å²) in [6.07, 6.45) is -12.5. The second kappa shape index (κ2) is 11.6. The molecule has 11 N–H and O–H groups in total. The predicted molar refractivity (Wildman–Crippen MR) is 134 cm³/mol. The van der Waals surface area contributed by atoms with Crippen LogP contribution in [0.5, 0.6) is 17.2 Å². The number of rotatable bonds is 6. The fourth-order valence-corrected chi connectivity index (χ4v) is 4.82. The highest BCUT2D eigenvalue weighted by molar-refractivity contribution is 5.72. The highest BCUT2D eigenvalue weighted by atomic mass is 16.8. The van der Waals surface area contributed by atoms with E-state index >= 15 is 0 Å². The zero-order valence-corrected chi connectivity index (χ0v) is 21.5. The highest BCUT2D eigenvalue weighted by Gasteiger charge is 2.50. The third-order valence-electron chi connectivity index (χ3n) is 7.11. The van der Waals surface area contributed by atoms with Crippen LogP contribution in [0.4, 0.5) is 0 Å². The van der Waals surface area contributed by atoms with E-state index in [0.717, 1.165) is 18.2 Å². The van der Waals surface area contributed by atoms with Crippen LogP contribution in [0.1, 0.15) is 5.56 Å². The largest absolute Gasteiger partial charge is 0.508 e. The SMILES string of the molecule is OC[C@H]1O[C@@H](OC2=C(c3cc(O)c(O)c(O)c3)OC3C=C(O)C=C(O)C3=C2)[C@H](O[C@@H]2OC[C@@H](O)[C@H](O)[C@H]2O)[C@@H](O)[C@@H]1O. The number of hydrogen-bond acceptors (Lipinski definition) is 16. The van der Waals surface area contributed by atoms with Gasteiger partial charge in [-0.25, -0.2) is 0 Å². The van der Waals surface area contributed by atoms with Crippen LogP contribution < -0.4 is 0 Å². The maximum absolute atomic E-state index is 10.9. The number of benzene rings is 1. The zero-order valence-electron chi connectivity index (χ0n) is 21.5. The van der Waals surface area contributed by atoms with E-state index in [-0.39, 0.29) is 28.4 Å². The molecule has 230 valence electrons. The van der Waals surface area contributed by atoms with Crippen LogP contribution in [-0.2, 0) is 23.7 Å². The number of hydrogen-bond donors (Lipinski definition) is 11. The molecular weight excluding hydrogens is 568 g/mol. The van der Waals surface area contributed by atoms with Gasteiger partial charge < -0.3 is 79.9 Å². The van der Waals surface area contributed by atoms with Gasteiger partial charge in [-0.2, -0.15) is 0 Å². The Balaban J connectivity index is 1.55. The maximum atomic E-state index is 10.9. The summed E-state index contributed by atoms with van der Waals surface area (Å²) in [5, 5.41) is 112. The van der Waals surface area contributed by atoms with Gasteiger partial charge in [0.15, 0.2) is 41.2 Å². The molecule has 2 saturated heterocycles. The number of aliphatic hydroxyl groups excluding tert-OH is 8. The second-order valence-electron chi connectivity index (χ2n) is 9.99. The van der Waals surface area contributed by atoms with Gasteiger partial charge in [0.25, 0.3) is 0 Å². The lowest BCUT2D eigenvalue weighted by molar-refractivity contribution is -0.351. The maximum Gasteiger partial charge on any atom is 0.229 e. The average Bonchev–Trinajstić information content (AvgIpc) is 2.95. The standard InChI is InChI=1S/C26H30O16/c27-6-17-20(35)21(36)24(42-25-22(37)19(34)14(32)7-38-25)26(41-17)40-16-5-10-11(29)3-9(28)4-15(10)39-23(16)8-1-12(30)18(33)13(31)2-8/h1-5,14-15,17,19-22,24-37H,6-7H2/t14-,15?,17-,19+,20-,21+,22-,24-,25+,26-/m1/s1.